The van der Waals surface area contributed by atoms with Crippen LogP contribution in [-0.4, -0.2) is 44.7 Å². The van der Waals surface area contributed by atoms with Gasteiger partial charge in [0.05, 0.1) is 6.04 Å². The summed E-state index contributed by atoms with van der Waals surface area (Å²) in [6.45, 7) is 0.117. The number of benzene rings is 2. The fraction of sp³-hybridized carbons (Fsp3) is 0.238. The number of amides is 1. The number of hydrazine groups is 1. The Morgan fingerprint density at radius 1 is 1.23 bits per heavy atom. The zero-order chi connectivity index (χ0) is 21.4. The van der Waals surface area contributed by atoms with Crippen molar-refractivity contribution >= 4 is 35.6 Å². The Kier molecular flexibility index (Phi) is 5.39. The van der Waals surface area contributed by atoms with Gasteiger partial charge in [0.25, 0.3) is 5.91 Å². The largest absolute Gasteiger partial charge is 0.337 e. The molecule has 1 aromatic heterocycles. The van der Waals surface area contributed by atoms with Crippen LogP contribution in [0.15, 0.2) is 63.1 Å². The summed E-state index contributed by atoms with van der Waals surface area (Å²) in [7, 11) is 0. The summed E-state index contributed by atoms with van der Waals surface area (Å²) in [5, 5.41) is 12.1. The van der Waals surface area contributed by atoms with Gasteiger partial charge < -0.3 is 4.52 Å². The average Bonchev–Trinajstić information content (AvgIpc) is 3.44. The third-order valence-corrected chi connectivity index (χ3v) is 6.42. The fourth-order valence-corrected chi connectivity index (χ4v) is 4.39. The van der Waals surface area contributed by atoms with Crippen molar-refractivity contribution in [1.82, 2.24) is 25.6 Å². The number of halogens is 1. The molecule has 0 bridgehead atoms. The highest BCUT2D eigenvalue weighted by Gasteiger charge is 2.41. The second-order valence-electron chi connectivity index (χ2n) is 7.23. The van der Waals surface area contributed by atoms with Gasteiger partial charge in [0.15, 0.2) is 0 Å². The molecule has 1 amide bonds. The Morgan fingerprint density at radius 3 is 2.81 bits per heavy atom. The number of carbonyl (C=O) groups is 1. The minimum absolute atomic E-state index is 0.0617. The number of nitrogens with one attached hydrogen (secondary N) is 1. The smallest absolute Gasteiger partial charge is 0.267 e. The van der Waals surface area contributed by atoms with Crippen molar-refractivity contribution in [2.75, 3.05) is 6.26 Å². The van der Waals surface area contributed by atoms with Crippen molar-refractivity contribution in [2.24, 2.45) is 5.10 Å². The van der Waals surface area contributed by atoms with Crippen molar-refractivity contribution in [2.45, 2.75) is 29.9 Å². The number of hydrogen-bond donors (Lipinski definition) is 1. The molecule has 2 atom stereocenters. The van der Waals surface area contributed by atoms with Crippen LogP contribution in [0.2, 0.25) is 5.02 Å². The molecule has 3 aromatic rings. The van der Waals surface area contributed by atoms with Crippen LogP contribution in [0.4, 0.5) is 0 Å². The van der Waals surface area contributed by atoms with E-state index in [9.17, 15) is 4.79 Å². The zero-order valence-corrected chi connectivity index (χ0v) is 18.2. The number of hydrazone groups is 1. The minimum atomic E-state index is -0.375. The molecule has 3 heterocycles. The van der Waals surface area contributed by atoms with E-state index < -0.39 is 0 Å². The lowest BCUT2D eigenvalue weighted by Gasteiger charge is -2.29. The number of aromatic nitrogens is 2. The van der Waals surface area contributed by atoms with E-state index in [0.29, 0.717) is 23.2 Å². The first-order valence-electron chi connectivity index (χ1n) is 9.74. The molecule has 2 aliphatic heterocycles. The van der Waals surface area contributed by atoms with E-state index in [1.807, 2.05) is 54.8 Å². The summed E-state index contributed by atoms with van der Waals surface area (Å²) >= 11 is 8.00. The van der Waals surface area contributed by atoms with Crippen molar-refractivity contribution in [1.29, 1.82) is 0 Å². The molecule has 0 saturated carbocycles. The average molecular weight is 455 g/mol. The summed E-state index contributed by atoms with van der Waals surface area (Å²) in [5.41, 5.74) is 5.11. The lowest BCUT2D eigenvalue weighted by atomic mass is 10.0. The maximum atomic E-state index is 13.0. The lowest BCUT2D eigenvalue weighted by molar-refractivity contribution is -0.137. The predicted molar refractivity (Wildman–Crippen MR) is 118 cm³/mol. The maximum Gasteiger partial charge on any atom is 0.267 e. The van der Waals surface area contributed by atoms with E-state index in [2.05, 4.69) is 20.7 Å². The van der Waals surface area contributed by atoms with E-state index in [-0.39, 0.29) is 24.5 Å². The Labute approximate surface area is 188 Å². The molecule has 31 heavy (non-hydrogen) atoms. The summed E-state index contributed by atoms with van der Waals surface area (Å²) in [4.78, 5) is 18.6. The molecule has 1 saturated heterocycles. The Bertz CT molecular complexity index is 1130. The van der Waals surface area contributed by atoms with Crippen molar-refractivity contribution < 1.29 is 9.32 Å². The van der Waals surface area contributed by atoms with Crippen LogP contribution < -0.4 is 5.43 Å². The van der Waals surface area contributed by atoms with Crippen LogP contribution in [0, 0.1) is 0 Å². The summed E-state index contributed by atoms with van der Waals surface area (Å²) in [5.74, 6) is 0.684. The maximum absolute atomic E-state index is 13.0. The molecule has 1 N–H and O–H groups in total. The topological polar surface area (TPSA) is 86.9 Å². The standard InChI is InChI=1S/C21H19ClN6O2S/c1-31-14-8-6-13(7-9-14)20-24-19(30-26-20)11-27-21(29)18-10-17(25-28(18)12-23-27)15-4-2-3-5-16(15)22/h2-9,12,17-18,25H,10-11H2,1H3. The molecule has 10 heteroatoms. The molecule has 8 nitrogen and oxygen atoms in total. The lowest BCUT2D eigenvalue weighted by Crippen LogP contribution is -2.50. The van der Waals surface area contributed by atoms with Crippen molar-refractivity contribution in [3.8, 4) is 11.4 Å². The molecular weight excluding hydrogens is 436 g/mol. The molecule has 2 aromatic carbocycles. The predicted octanol–water partition coefficient (Wildman–Crippen LogP) is 3.72. The third kappa shape index (κ3) is 3.91. The molecule has 158 valence electrons. The van der Waals surface area contributed by atoms with Gasteiger partial charge in [-0.25, -0.2) is 10.4 Å². The van der Waals surface area contributed by atoms with Crippen molar-refractivity contribution in [3.63, 3.8) is 0 Å². The van der Waals surface area contributed by atoms with Gasteiger partial charge in [-0.05, 0) is 48.6 Å². The molecular formula is C21H19ClN6O2S. The molecule has 1 fully saturated rings. The molecule has 2 aliphatic rings. The van der Waals surface area contributed by atoms with E-state index in [0.717, 1.165) is 16.0 Å². The number of rotatable bonds is 5. The van der Waals surface area contributed by atoms with Crippen LogP contribution in [0.3, 0.4) is 0 Å². The van der Waals surface area contributed by atoms with Gasteiger partial charge in [-0.3, -0.25) is 9.80 Å². The SMILES string of the molecule is CSc1ccc(-c2noc(CN3N=CN4NC(c5ccccc5Cl)CC4C3=O)n2)cc1. The van der Waals surface area contributed by atoms with Crippen LogP contribution in [0.25, 0.3) is 11.4 Å². The van der Waals surface area contributed by atoms with Gasteiger partial charge in [0.2, 0.25) is 11.7 Å². The van der Waals surface area contributed by atoms with Gasteiger partial charge in [-0.2, -0.15) is 10.1 Å². The van der Waals surface area contributed by atoms with E-state index >= 15 is 0 Å². The van der Waals surface area contributed by atoms with Gasteiger partial charge >= 0.3 is 0 Å². The second-order valence-corrected chi connectivity index (χ2v) is 8.52. The van der Waals surface area contributed by atoms with E-state index in [1.165, 1.54) is 5.01 Å². The number of carbonyl (C=O) groups excluding carboxylic acids is 1. The Morgan fingerprint density at radius 2 is 2.03 bits per heavy atom. The van der Waals surface area contributed by atoms with Crippen LogP contribution in [0.1, 0.15) is 23.9 Å². The first kappa shape index (κ1) is 20.0. The molecule has 0 aliphatic carbocycles. The van der Waals surface area contributed by atoms with Gasteiger partial charge in [-0.1, -0.05) is 35.0 Å². The molecule has 5 rings (SSSR count). The minimum Gasteiger partial charge on any atom is -0.337 e. The molecule has 2 unspecified atom stereocenters. The summed E-state index contributed by atoms with van der Waals surface area (Å²) in [6.07, 6.45) is 4.22. The molecule has 0 spiro atoms. The highest BCUT2D eigenvalue weighted by atomic mass is 35.5. The normalized spacial score (nSPS) is 20.4. The highest BCUT2D eigenvalue weighted by molar-refractivity contribution is 7.98. The van der Waals surface area contributed by atoms with Gasteiger partial charge in [0, 0.05) is 15.5 Å². The van der Waals surface area contributed by atoms with E-state index in [1.54, 1.807) is 23.1 Å². The monoisotopic (exact) mass is 454 g/mol. The summed E-state index contributed by atoms with van der Waals surface area (Å²) in [6, 6.07) is 15.1. The first-order valence-corrected chi connectivity index (χ1v) is 11.3. The molecule has 0 radical (unpaired) electrons. The first-order chi connectivity index (χ1) is 15.1. The zero-order valence-electron chi connectivity index (χ0n) is 16.6. The quantitative estimate of drug-likeness (QED) is 0.588. The second kappa shape index (κ2) is 8.33. The van der Waals surface area contributed by atoms with Gasteiger partial charge in [0.1, 0.15) is 18.9 Å². The van der Waals surface area contributed by atoms with Gasteiger partial charge in [-0.15, -0.1) is 11.8 Å². The van der Waals surface area contributed by atoms with Crippen LogP contribution >= 0.6 is 23.4 Å². The Hall–Kier alpha value is -2.88. The van der Waals surface area contributed by atoms with Crippen LogP contribution in [0.5, 0.6) is 0 Å². The number of thioether (sulfide) groups is 1. The third-order valence-electron chi connectivity index (χ3n) is 5.34. The number of nitrogens with zero attached hydrogens (tertiary/aromatic N) is 5. The fourth-order valence-electron chi connectivity index (χ4n) is 3.72. The number of fused-ring (bicyclic) bond motifs is 1. The van der Waals surface area contributed by atoms with Crippen LogP contribution in [-0.2, 0) is 11.3 Å². The van der Waals surface area contributed by atoms with E-state index in [4.69, 9.17) is 16.1 Å². The highest BCUT2D eigenvalue weighted by Crippen LogP contribution is 2.33. The van der Waals surface area contributed by atoms with Crippen molar-refractivity contribution in [3.05, 3.63) is 65.0 Å². The number of hydrogen-bond acceptors (Lipinski definition) is 8. The summed E-state index contributed by atoms with van der Waals surface area (Å²) < 4.78 is 5.36. The Balaban J connectivity index is 1.28.